The fraction of sp³-hybridized carbons (Fsp3) is 1.00. The van der Waals surface area contributed by atoms with Gasteiger partial charge in [0.1, 0.15) is 0 Å². The largest absolute Gasteiger partial charge is 0.310 e. The molecule has 1 saturated heterocycles. The Bertz CT molecular complexity index is 284. The van der Waals surface area contributed by atoms with Crippen LogP contribution in [0.15, 0.2) is 0 Å². The highest BCUT2D eigenvalue weighted by Crippen LogP contribution is 2.30. The van der Waals surface area contributed by atoms with Crippen LogP contribution in [0.25, 0.3) is 0 Å². The number of nitrogens with one attached hydrogen (secondary N) is 1. The van der Waals surface area contributed by atoms with Gasteiger partial charge in [-0.1, -0.05) is 19.3 Å². The smallest absolute Gasteiger partial charge is 0.0308 e. The van der Waals surface area contributed by atoms with Crippen molar-refractivity contribution in [2.24, 2.45) is 0 Å². The minimum absolute atomic E-state index is 0.462. The van der Waals surface area contributed by atoms with E-state index in [1.54, 1.807) is 0 Å². The van der Waals surface area contributed by atoms with Gasteiger partial charge in [-0.15, -0.1) is 0 Å². The van der Waals surface area contributed by atoms with Crippen molar-refractivity contribution >= 4 is 0 Å². The Labute approximate surface area is 132 Å². The number of unbranched alkanes of at least 4 members (excludes halogenated alkanes) is 1. The molecule has 1 N–H and O–H groups in total. The van der Waals surface area contributed by atoms with Crippen molar-refractivity contribution in [2.45, 2.75) is 76.8 Å². The first-order chi connectivity index (χ1) is 10.1. The van der Waals surface area contributed by atoms with E-state index in [0.29, 0.717) is 11.6 Å². The Morgan fingerprint density at radius 2 is 1.86 bits per heavy atom. The monoisotopic (exact) mass is 295 g/mol. The molecule has 1 aliphatic heterocycles. The van der Waals surface area contributed by atoms with E-state index >= 15 is 0 Å². The third kappa shape index (κ3) is 5.54. The highest BCUT2D eigenvalue weighted by molar-refractivity contribution is 4.95. The molecule has 2 aliphatic rings. The third-order valence-electron chi connectivity index (χ3n) is 5.60. The van der Waals surface area contributed by atoms with Crippen molar-refractivity contribution in [3.63, 3.8) is 0 Å². The number of rotatable bonds is 6. The predicted molar refractivity (Wildman–Crippen MR) is 91.9 cm³/mol. The van der Waals surface area contributed by atoms with E-state index in [0.717, 1.165) is 0 Å². The molecular weight excluding hydrogens is 258 g/mol. The van der Waals surface area contributed by atoms with Crippen LogP contribution in [0.4, 0.5) is 0 Å². The average molecular weight is 296 g/mol. The zero-order chi connectivity index (χ0) is 15.1. The Balaban J connectivity index is 1.71. The molecule has 124 valence electrons. The lowest BCUT2D eigenvalue weighted by Gasteiger charge is -2.40. The van der Waals surface area contributed by atoms with Crippen LogP contribution in [0.1, 0.15) is 65.2 Å². The highest BCUT2D eigenvalue weighted by Gasteiger charge is 2.34. The topological polar surface area (TPSA) is 18.5 Å². The fourth-order valence-corrected chi connectivity index (χ4v) is 3.93. The van der Waals surface area contributed by atoms with E-state index < -0.39 is 0 Å². The van der Waals surface area contributed by atoms with Crippen molar-refractivity contribution in [3.05, 3.63) is 0 Å². The van der Waals surface area contributed by atoms with Gasteiger partial charge < -0.3 is 15.1 Å². The maximum atomic E-state index is 3.90. The second-order valence-electron chi connectivity index (χ2n) is 7.68. The third-order valence-corrected chi connectivity index (χ3v) is 5.60. The van der Waals surface area contributed by atoms with Crippen molar-refractivity contribution in [2.75, 3.05) is 39.8 Å². The van der Waals surface area contributed by atoms with Gasteiger partial charge in [-0.3, -0.25) is 0 Å². The van der Waals surface area contributed by atoms with Crippen LogP contribution < -0.4 is 5.32 Å². The van der Waals surface area contributed by atoms with Crippen LogP contribution >= 0.6 is 0 Å². The van der Waals surface area contributed by atoms with Crippen LogP contribution in [0, 0.1) is 0 Å². The molecule has 0 atom stereocenters. The van der Waals surface area contributed by atoms with Crippen LogP contribution in [-0.4, -0.2) is 61.2 Å². The first-order valence-corrected chi connectivity index (χ1v) is 9.29. The van der Waals surface area contributed by atoms with Gasteiger partial charge in [0.2, 0.25) is 0 Å². The molecule has 1 heterocycles. The Morgan fingerprint density at radius 3 is 2.57 bits per heavy atom. The van der Waals surface area contributed by atoms with E-state index in [4.69, 9.17) is 0 Å². The molecule has 0 aromatic heterocycles. The minimum Gasteiger partial charge on any atom is -0.310 e. The second-order valence-corrected chi connectivity index (χ2v) is 7.68. The lowest BCUT2D eigenvalue weighted by atomic mass is 9.81. The zero-order valence-electron chi connectivity index (χ0n) is 14.7. The Kier molecular flexibility index (Phi) is 6.97. The Hall–Kier alpha value is -0.120. The van der Waals surface area contributed by atoms with Gasteiger partial charge in [-0.05, 0) is 79.2 Å². The maximum absolute atomic E-state index is 3.90. The molecule has 0 unspecified atom stereocenters. The van der Waals surface area contributed by atoms with Crippen molar-refractivity contribution in [1.82, 2.24) is 15.1 Å². The first kappa shape index (κ1) is 17.2. The van der Waals surface area contributed by atoms with Gasteiger partial charge in [0, 0.05) is 18.1 Å². The van der Waals surface area contributed by atoms with E-state index in [1.807, 2.05) is 0 Å². The van der Waals surface area contributed by atoms with Gasteiger partial charge in [0.25, 0.3) is 0 Å². The average Bonchev–Trinajstić information content (AvgIpc) is 2.66. The number of hydrogen-bond acceptors (Lipinski definition) is 3. The van der Waals surface area contributed by atoms with Crippen molar-refractivity contribution < 1.29 is 0 Å². The summed E-state index contributed by atoms with van der Waals surface area (Å²) in [6.07, 6.45) is 11.1. The minimum atomic E-state index is 0.462. The van der Waals surface area contributed by atoms with Crippen LogP contribution in [0.2, 0.25) is 0 Å². The summed E-state index contributed by atoms with van der Waals surface area (Å²) >= 11 is 0. The molecule has 1 saturated carbocycles. The molecule has 2 rings (SSSR count). The molecule has 3 nitrogen and oxygen atoms in total. The highest BCUT2D eigenvalue weighted by atomic mass is 15.2. The standard InChI is InChI=1S/C18H37N3/c1-17(2)20(3)13-7-8-14-21-15-9-12-19-18(16-21)10-5-4-6-11-18/h17,19H,4-16H2,1-3H3. The molecule has 3 heteroatoms. The van der Waals surface area contributed by atoms with Crippen molar-refractivity contribution in [1.29, 1.82) is 0 Å². The number of hydrogen-bond donors (Lipinski definition) is 1. The predicted octanol–water partition coefficient (Wildman–Crippen LogP) is 3.11. The summed E-state index contributed by atoms with van der Waals surface area (Å²) in [5.41, 5.74) is 0.462. The number of nitrogens with zero attached hydrogens (tertiary/aromatic N) is 2. The zero-order valence-corrected chi connectivity index (χ0v) is 14.7. The summed E-state index contributed by atoms with van der Waals surface area (Å²) in [5.74, 6) is 0. The van der Waals surface area contributed by atoms with E-state index in [2.05, 4.69) is 36.0 Å². The molecule has 0 aromatic rings. The molecule has 21 heavy (non-hydrogen) atoms. The molecule has 0 aromatic carbocycles. The first-order valence-electron chi connectivity index (χ1n) is 9.29. The molecule has 1 aliphatic carbocycles. The summed E-state index contributed by atoms with van der Waals surface area (Å²) in [4.78, 5) is 5.22. The van der Waals surface area contributed by atoms with Gasteiger partial charge in [0.05, 0.1) is 0 Å². The van der Waals surface area contributed by atoms with Crippen LogP contribution in [0.5, 0.6) is 0 Å². The van der Waals surface area contributed by atoms with Gasteiger partial charge in [-0.25, -0.2) is 0 Å². The van der Waals surface area contributed by atoms with Gasteiger partial charge >= 0.3 is 0 Å². The molecular formula is C18H37N3. The summed E-state index contributed by atoms with van der Waals surface area (Å²) in [6, 6.07) is 0.679. The summed E-state index contributed by atoms with van der Waals surface area (Å²) in [5, 5.41) is 3.90. The van der Waals surface area contributed by atoms with E-state index in [-0.39, 0.29) is 0 Å². The lowest BCUT2D eigenvalue weighted by molar-refractivity contribution is 0.160. The SMILES string of the molecule is CC(C)N(C)CCCCN1CCCNC2(CCCCC2)C1. The lowest BCUT2D eigenvalue weighted by Crippen LogP contribution is -2.52. The normalized spacial score (nSPS) is 23.9. The van der Waals surface area contributed by atoms with E-state index in [9.17, 15) is 0 Å². The summed E-state index contributed by atoms with van der Waals surface area (Å²) in [6.45, 7) is 10.9. The molecule has 0 amide bonds. The molecule has 0 bridgehead atoms. The Morgan fingerprint density at radius 1 is 1.10 bits per heavy atom. The van der Waals surface area contributed by atoms with Crippen LogP contribution in [0.3, 0.4) is 0 Å². The molecule has 2 fully saturated rings. The van der Waals surface area contributed by atoms with Crippen molar-refractivity contribution in [3.8, 4) is 0 Å². The van der Waals surface area contributed by atoms with E-state index in [1.165, 1.54) is 84.1 Å². The maximum Gasteiger partial charge on any atom is 0.0308 e. The quantitative estimate of drug-likeness (QED) is 0.760. The molecule has 1 spiro atoms. The summed E-state index contributed by atoms with van der Waals surface area (Å²) < 4.78 is 0. The second kappa shape index (κ2) is 8.50. The van der Waals surface area contributed by atoms with Crippen LogP contribution in [-0.2, 0) is 0 Å². The van der Waals surface area contributed by atoms with Gasteiger partial charge in [-0.2, -0.15) is 0 Å². The fourth-order valence-electron chi connectivity index (χ4n) is 3.93. The van der Waals surface area contributed by atoms with Gasteiger partial charge in [0.15, 0.2) is 0 Å². The molecule has 0 radical (unpaired) electrons. The summed E-state index contributed by atoms with van der Waals surface area (Å²) in [7, 11) is 2.25.